The zero-order chi connectivity index (χ0) is 14.8. The van der Waals surface area contributed by atoms with Gasteiger partial charge in [-0.05, 0) is 19.1 Å². The second-order valence-corrected chi connectivity index (χ2v) is 4.11. The molecule has 0 radical (unpaired) electrons. The van der Waals surface area contributed by atoms with Crippen LogP contribution in [0.25, 0.3) is 0 Å². The Hall–Kier alpha value is -2.38. The number of pyridine rings is 1. The topological polar surface area (TPSA) is 70.7 Å². The molecule has 5 nitrogen and oxygen atoms in total. The summed E-state index contributed by atoms with van der Waals surface area (Å²) in [6, 6.07) is 5.41. The molecule has 106 valence electrons. The average Bonchev–Trinajstić information content (AvgIpc) is 2.89. The van der Waals surface area contributed by atoms with E-state index >= 15 is 0 Å². The van der Waals surface area contributed by atoms with Crippen LogP contribution < -0.4 is 5.32 Å². The molecular weight excluding hydrogens is 273 g/mol. The molecule has 0 aliphatic rings. The molecule has 0 bridgehead atoms. The highest BCUT2D eigenvalue weighted by Crippen LogP contribution is 2.27. The monoisotopic (exact) mass is 284 g/mol. The molecule has 0 aliphatic heterocycles. The molecule has 2 rings (SSSR count). The van der Waals surface area contributed by atoms with E-state index in [9.17, 15) is 18.0 Å². The molecule has 0 fully saturated rings. The van der Waals surface area contributed by atoms with Crippen LogP contribution in [0, 0.1) is 0 Å². The lowest BCUT2D eigenvalue weighted by Crippen LogP contribution is -2.27. The lowest BCUT2D eigenvalue weighted by Gasteiger charge is -2.11. The molecule has 2 heterocycles. The van der Waals surface area contributed by atoms with E-state index in [0.29, 0.717) is 11.8 Å². The molecule has 0 saturated carbocycles. The zero-order valence-electron chi connectivity index (χ0n) is 10.4. The number of nitrogens with zero attached hydrogens (tertiary/aromatic N) is 2. The van der Waals surface area contributed by atoms with Gasteiger partial charge in [-0.3, -0.25) is 14.9 Å². The quantitative estimate of drug-likeness (QED) is 0.908. The third kappa shape index (κ3) is 3.14. The lowest BCUT2D eigenvalue weighted by molar-refractivity contribution is -0.141. The Kier molecular flexibility index (Phi) is 3.73. The highest BCUT2D eigenvalue weighted by Gasteiger charge is 2.33. The number of carbonyl (C=O) groups is 1. The third-order valence-electron chi connectivity index (χ3n) is 2.59. The zero-order valence-corrected chi connectivity index (χ0v) is 10.4. The van der Waals surface area contributed by atoms with Crippen LogP contribution in [0.3, 0.4) is 0 Å². The van der Waals surface area contributed by atoms with Gasteiger partial charge >= 0.3 is 6.18 Å². The molecule has 20 heavy (non-hydrogen) atoms. The number of amides is 1. The molecule has 2 aromatic rings. The van der Waals surface area contributed by atoms with Gasteiger partial charge in [-0.2, -0.15) is 18.3 Å². The summed E-state index contributed by atoms with van der Waals surface area (Å²) in [6.45, 7) is 1.68. The maximum absolute atomic E-state index is 12.4. The van der Waals surface area contributed by atoms with Crippen molar-refractivity contribution in [3.8, 4) is 0 Å². The largest absolute Gasteiger partial charge is 0.432 e. The van der Waals surface area contributed by atoms with E-state index in [0.717, 1.165) is 0 Å². The fourth-order valence-electron chi connectivity index (χ4n) is 1.56. The second kappa shape index (κ2) is 5.32. The fraction of sp³-hybridized carbons (Fsp3) is 0.250. The maximum Gasteiger partial charge on any atom is 0.432 e. The molecule has 1 atom stereocenters. The Morgan fingerprint density at radius 3 is 2.70 bits per heavy atom. The van der Waals surface area contributed by atoms with Crippen LogP contribution in [-0.4, -0.2) is 21.1 Å². The summed E-state index contributed by atoms with van der Waals surface area (Å²) in [5.41, 5.74) is -0.777. The normalized spacial score (nSPS) is 13.0. The van der Waals surface area contributed by atoms with Crippen molar-refractivity contribution < 1.29 is 18.0 Å². The van der Waals surface area contributed by atoms with E-state index in [2.05, 4.69) is 15.4 Å². The molecule has 1 unspecified atom stereocenters. The molecular formula is C12H11F3N4O. The van der Waals surface area contributed by atoms with E-state index in [-0.39, 0.29) is 5.69 Å². The number of hydrogen-bond acceptors (Lipinski definition) is 3. The van der Waals surface area contributed by atoms with Crippen molar-refractivity contribution in [2.45, 2.75) is 19.1 Å². The summed E-state index contributed by atoms with van der Waals surface area (Å²) >= 11 is 0. The predicted molar refractivity (Wildman–Crippen MR) is 63.7 cm³/mol. The SMILES string of the molecule is CC(NC(=O)c1cc(C(F)(F)F)[nH]n1)c1ccccn1. The van der Waals surface area contributed by atoms with Gasteiger partial charge in [-0.15, -0.1) is 0 Å². The Morgan fingerprint density at radius 2 is 2.15 bits per heavy atom. The minimum atomic E-state index is -4.56. The van der Waals surface area contributed by atoms with E-state index in [1.807, 2.05) is 0 Å². The lowest BCUT2D eigenvalue weighted by atomic mass is 10.2. The van der Waals surface area contributed by atoms with Gasteiger partial charge in [0.05, 0.1) is 11.7 Å². The molecule has 8 heteroatoms. The third-order valence-corrected chi connectivity index (χ3v) is 2.59. The highest BCUT2D eigenvalue weighted by atomic mass is 19.4. The van der Waals surface area contributed by atoms with Crippen LogP contribution in [0.15, 0.2) is 30.5 Å². The van der Waals surface area contributed by atoms with Gasteiger partial charge < -0.3 is 5.32 Å². The molecule has 2 aromatic heterocycles. The van der Waals surface area contributed by atoms with Crippen molar-refractivity contribution >= 4 is 5.91 Å². The standard InChI is InChI=1S/C12H11F3N4O/c1-7(8-4-2-3-5-16-8)17-11(20)9-6-10(19-18-9)12(13,14)15/h2-7H,1H3,(H,17,20)(H,18,19). The van der Waals surface area contributed by atoms with Gasteiger partial charge in [0.25, 0.3) is 5.91 Å². The number of nitrogens with one attached hydrogen (secondary N) is 2. The smallest absolute Gasteiger partial charge is 0.343 e. The van der Waals surface area contributed by atoms with Gasteiger partial charge in [0.15, 0.2) is 5.69 Å². The van der Waals surface area contributed by atoms with Crippen molar-refractivity contribution in [1.82, 2.24) is 20.5 Å². The Balaban J connectivity index is 2.07. The highest BCUT2D eigenvalue weighted by molar-refractivity contribution is 5.92. The number of hydrogen-bond donors (Lipinski definition) is 2. The first kappa shape index (κ1) is 14.0. The van der Waals surface area contributed by atoms with Crippen LogP contribution in [0.5, 0.6) is 0 Å². The number of aromatic amines is 1. The average molecular weight is 284 g/mol. The van der Waals surface area contributed by atoms with Gasteiger partial charge in [0, 0.05) is 12.3 Å². The van der Waals surface area contributed by atoms with E-state index in [1.165, 1.54) is 0 Å². The van der Waals surface area contributed by atoms with Crippen LogP contribution in [0.4, 0.5) is 13.2 Å². The van der Waals surface area contributed by atoms with Crippen LogP contribution in [-0.2, 0) is 6.18 Å². The molecule has 0 aliphatic carbocycles. The van der Waals surface area contributed by atoms with E-state index in [4.69, 9.17) is 0 Å². The van der Waals surface area contributed by atoms with E-state index < -0.39 is 23.8 Å². The minimum Gasteiger partial charge on any atom is -0.343 e. The number of alkyl halides is 3. The van der Waals surface area contributed by atoms with Crippen molar-refractivity contribution in [1.29, 1.82) is 0 Å². The first-order valence-electron chi connectivity index (χ1n) is 5.72. The first-order valence-corrected chi connectivity index (χ1v) is 5.72. The summed E-state index contributed by atoms with van der Waals surface area (Å²) in [7, 11) is 0. The summed E-state index contributed by atoms with van der Waals surface area (Å²) in [5.74, 6) is -0.699. The second-order valence-electron chi connectivity index (χ2n) is 4.11. The number of halogens is 3. The maximum atomic E-state index is 12.4. The van der Waals surface area contributed by atoms with Crippen molar-refractivity contribution in [2.24, 2.45) is 0 Å². The van der Waals surface area contributed by atoms with Crippen LogP contribution >= 0.6 is 0 Å². The Labute approximate surface area is 112 Å². The minimum absolute atomic E-state index is 0.319. The van der Waals surface area contributed by atoms with Crippen molar-refractivity contribution in [3.05, 3.63) is 47.5 Å². The molecule has 0 aromatic carbocycles. The molecule has 0 saturated heterocycles. The van der Waals surface area contributed by atoms with E-state index in [1.54, 1.807) is 36.4 Å². The fourth-order valence-corrected chi connectivity index (χ4v) is 1.56. The van der Waals surface area contributed by atoms with Crippen molar-refractivity contribution in [3.63, 3.8) is 0 Å². The molecule has 1 amide bonds. The van der Waals surface area contributed by atoms with Crippen molar-refractivity contribution in [2.75, 3.05) is 0 Å². The van der Waals surface area contributed by atoms with Gasteiger partial charge in [-0.1, -0.05) is 6.07 Å². The van der Waals surface area contributed by atoms with Gasteiger partial charge in [-0.25, -0.2) is 0 Å². The Bertz CT molecular complexity index is 594. The predicted octanol–water partition coefficient (Wildman–Crippen LogP) is 2.31. The number of rotatable bonds is 3. The summed E-state index contributed by atoms with van der Waals surface area (Å²) in [4.78, 5) is 15.8. The summed E-state index contributed by atoms with van der Waals surface area (Å²) in [6.07, 6.45) is -2.99. The molecule has 0 spiro atoms. The molecule has 2 N–H and O–H groups in total. The Morgan fingerprint density at radius 1 is 1.40 bits per heavy atom. The first-order chi connectivity index (χ1) is 9.38. The van der Waals surface area contributed by atoms with Crippen LogP contribution in [0.1, 0.15) is 34.8 Å². The number of carbonyl (C=O) groups excluding carboxylic acids is 1. The summed E-state index contributed by atoms with van der Waals surface area (Å²) < 4.78 is 37.1. The van der Waals surface area contributed by atoms with Gasteiger partial charge in [0.1, 0.15) is 5.69 Å². The number of H-pyrrole nitrogens is 1. The summed E-state index contributed by atoms with van der Waals surface area (Å²) in [5, 5.41) is 7.67. The number of aromatic nitrogens is 3. The van der Waals surface area contributed by atoms with Gasteiger partial charge in [0.2, 0.25) is 0 Å². The van der Waals surface area contributed by atoms with Crippen LogP contribution in [0.2, 0.25) is 0 Å².